The minimum atomic E-state index is -0.752. The van der Waals surface area contributed by atoms with Crippen molar-refractivity contribution in [1.29, 1.82) is 0 Å². The lowest BCUT2D eigenvalue weighted by atomic mass is 10.0. The summed E-state index contributed by atoms with van der Waals surface area (Å²) in [5.74, 6) is -1.33. The summed E-state index contributed by atoms with van der Waals surface area (Å²) < 4.78 is 42.1. The number of aromatic nitrogens is 4. The van der Waals surface area contributed by atoms with Crippen LogP contribution in [-0.2, 0) is 16.6 Å². The average Bonchev–Trinajstić information content (AvgIpc) is 3.28. The highest BCUT2D eigenvalue weighted by atomic mass is 19.1. The van der Waals surface area contributed by atoms with Gasteiger partial charge < -0.3 is 19.7 Å². The second-order valence-electron chi connectivity index (χ2n) is 11.8. The predicted octanol–water partition coefficient (Wildman–Crippen LogP) is 5.18. The van der Waals surface area contributed by atoms with Crippen LogP contribution in [0.3, 0.4) is 0 Å². The molecular weight excluding hydrogens is 546 g/mol. The van der Waals surface area contributed by atoms with Gasteiger partial charge in [-0.2, -0.15) is 5.10 Å². The van der Waals surface area contributed by atoms with E-state index in [1.54, 1.807) is 51.0 Å². The molecular formula is C30H30F2N6O4. The summed E-state index contributed by atoms with van der Waals surface area (Å²) in [5.41, 5.74) is 0.112. The summed E-state index contributed by atoms with van der Waals surface area (Å²) in [5, 5.41) is 7.85. The van der Waals surface area contributed by atoms with Crippen LogP contribution in [0.2, 0.25) is 0 Å². The molecule has 10 nitrogen and oxygen atoms in total. The van der Waals surface area contributed by atoms with Crippen molar-refractivity contribution in [2.24, 2.45) is 18.4 Å². The molecule has 2 aliphatic rings. The van der Waals surface area contributed by atoms with Crippen LogP contribution in [0.15, 0.2) is 42.9 Å². The highest BCUT2D eigenvalue weighted by Gasteiger charge is 2.66. The number of hydrogen-bond acceptors (Lipinski definition) is 7. The number of amides is 2. The van der Waals surface area contributed by atoms with Gasteiger partial charge in [-0.1, -0.05) is 6.07 Å². The molecule has 6 rings (SSSR count). The molecule has 0 radical (unpaired) electrons. The first-order valence-electron chi connectivity index (χ1n) is 13.5. The summed E-state index contributed by atoms with van der Waals surface area (Å²) in [6.45, 7) is 6.11. The normalized spacial score (nSPS) is 19.5. The highest BCUT2D eigenvalue weighted by Crippen LogP contribution is 2.58. The maximum Gasteiger partial charge on any atom is 0.410 e. The van der Waals surface area contributed by atoms with E-state index >= 15 is 0 Å². The molecule has 4 aromatic rings. The van der Waals surface area contributed by atoms with Crippen LogP contribution in [0, 0.1) is 23.0 Å². The molecule has 1 saturated heterocycles. The number of anilines is 1. The fourth-order valence-corrected chi connectivity index (χ4v) is 5.68. The molecule has 3 heterocycles. The van der Waals surface area contributed by atoms with E-state index in [-0.39, 0.29) is 29.6 Å². The summed E-state index contributed by atoms with van der Waals surface area (Å²) in [7, 11) is 3.13. The third-order valence-electron chi connectivity index (χ3n) is 7.74. The van der Waals surface area contributed by atoms with Crippen LogP contribution in [0.4, 0.5) is 19.3 Å². The molecule has 1 N–H and O–H groups in total. The molecule has 2 aromatic carbocycles. The smallest absolute Gasteiger partial charge is 0.410 e. The van der Waals surface area contributed by atoms with Crippen molar-refractivity contribution < 1.29 is 27.8 Å². The van der Waals surface area contributed by atoms with Crippen LogP contribution in [0.5, 0.6) is 5.75 Å². The Bertz CT molecular complexity index is 1730. The second kappa shape index (κ2) is 9.74. The van der Waals surface area contributed by atoms with Gasteiger partial charge in [-0.25, -0.2) is 23.5 Å². The molecule has 2 fully saturated rings. The summed E-state index contributed by atoms with van der Waals surface area (Å²) in [6, 6.07) is 6.99. The van der Waals surface area contributed by atoms with Crippen LogP contribution in [0.25, 0.3) is 33.4 Å². The van der Waals surface area contributed by atoms with E-state index in [0.29, 0.717) is 46.6 Å². The van der Waals surface area contributed by atoms with E-state index in [0.717, 1.165) is 0 Å². The number of rotatable bonds is 5. The molecule has 1 saturated carbocycles. The number of methoxy groups -OCH3 is 1. The minimum Gasteiger partial charge on any atom is -0.494 e. The number of piperidine rings is 1. The molecule has 0 spiro atoms. The third kappa shape index (κ3) is 4.70. The monoisotopic (exact) mass is 576 g/mol. The van der Waals surface area contributed by atoms with E-state index in [9.17, 15) is 18.4 Å². The molecule has 2 amide bonds. The van der Waals surface area contributed by atoms with E-state index in [1.807, 2.05) is 0 Å². The van der Waals surface area contributed by atoms with Gasteiger partial charge in [-0.15, -0.1) is 0 Å². The van der Waals surface area contributed by atoms with E-state index in [1.165, 1.54) is 36.3 Å². The Hall–Kier alpha value is -4.61. The van der Waals surface area contributed by atoms with Crippen molar-refractivity contribution in [1.82, 2.24) is 24.6 Å². The summed E-state index contributed by atoms with van der Waals surface area (Å²) in [4.78, 5) is 36.6. The molecule has 2 unspecified atom stereocenters. The number of aryl methyl sites for hydroxylation is 1. The molecule has 1 aliphatic heterocycles. The molecule has 42 heavy (non-hydrogen) atoms. The minimum absolute atomic E-state index is 0.0315. The number of ether oxygens (including phenoxy) is 2. The van der Waals surface area contributed by atoms with Gasteiger partial charge in [0.15, 0.2) is 0 Å². The number of nitrogens with one attached hydrogen (secondary N) is 1. The Kier molecular flexibility index (Phi) is 6.39. The number of nitrogens with zero attached hydrogens (tertiary/aromatic N) is 5. The lowest BCUT2D eigenvalue weighted by Gasteiger charge is -2.26. The van der Waals surface area contributed by atoms with Crippen LogP contribution >= 0.6 is 0 Å². The van der Waals surface area contributed by atoms with E-state index in [4.69, 9.17) is 9.47 Å². The maximum atomic E-state index is 14.8. The zero-order chi connectivity index (χ0) is 30.0. The first kappa shape index (κ1) is 27.6. The molecule has 12 heteroatoms. The zero-order valence-corrected chi connectivity index (χ0v) is 23.9. The molecule has 2 atom stereocenters. The first-order valence-corrected chi connectivity index (χ1v) is 13.5. The Morgan fingerprint density at radius 1 is 1.12 bits per heavy atom. The fraction of sp³-hybridized carbons (Fsp3) is 0.367. The number of fused-ring (bicyclic) bond motifs is 2. The van der Waals surface area contributed by atoms with Gasteiger partial charge in [0, 0.05) is 43.4 Å². The van der Waals surface area contributed by atoms with Gasteiger partial charge in [0.05, 0.1) is 35.0 Å². The van der Waals surface area contributed by atoms with Gasteiger partial charge in [-0.05, 0) is 51.3 Å². The summed E-state index contributed by atoms with van der Waals surface area (Å²) >= 11 is 0. The SMILES string of the molecule is COc1cc2ncnc(-c3cn(C)nc3-c3c(F)cccc3F)c2cc1NC(=O)C12CC1CN(C(=O)OC(C)(C)C)C2. The van der Waals surface area contributed by atoms with Gasteiger partial charge in [0.25, 0.3) is 0 Å². The van der Waals surface area contributed by atoms with Crippen molar-refractivity contribution in [3.8, 4) is 28.3 Å². The Morgan fingerprint density at radius 2 is 1.86 bits per heavy atom. The predicted molar refractivity (Wildman–Crippen MR) is 151 cm³/mol. The molecule has 2 aromatic heterocycles. The van der Waals surface area contributed by atoms with Gasteiger partial charge in [0.2, 0.25) is 5.91 Å². The number of hydrogen-bond donors (Lipinski definition) is 1. The molecule has 1 aliphatic carbocycles. The zero-order valence-electron chi connectivity index (χ0n) is 23.9. The number of carbonyl (C=O) groups is 2. The van der Waals surface area contributed by atoms with Crippen molar-refractivity contribution in [2.45, 2.75) is 32.8 Å². The quantitative estimate of drug-likeness (QED) is 0.349. The van der Waals surface area contributed by atoms with Crippen molar-refractivity contribution >= 4 is 28.6 Å². The number of carbonyl (C=O) groups excluding carboxylic acids is 2. The topological polar surface area (TPSA) is 111 Å². The van der Waals surface area contributed by atoms with Gasteiger partial charge >= 0.3 is 6.09 Å². The summed E-state index contributed by atoms with van der Waals surface area (Å²) in [6.07, 6.45) is 3.20. The third-order valence-corrected chi connectivity index (χ3v) is 7.74. The maximum absolute atomic E-state index is 14.8. The molecule has 0 bridgehead atoms. The Balaban J connectivity index is 1.36. The largest absolute Gasteiger partial charge is 0.494 e. The standard InChI is InChI=1S/C30H30F2N6O4/c1-29(2,3)42-28(40)38-12-16-11-30(16,14-38)27(39)35-22-9-17-21(10-23(22)41-5)33-15-34-25(17)18-13-37(4)36-26(18)24-19(31)7-6-8-20(24)32/h6-10,13,15-16H,11-12,14H2,1-5H3,(H,35,39). The second-order valence-corrected chi connectivity index (χ2v) is 11.8. The van der Waals surface area contributed by atoms with E-state index in [2.05, 4.69) is 20.4 Å². The van der Waals surface area contributed by atoms with Crippen molar-refractivity contribution in [2.75, 3.05) is 25.5 Å². The van der Waals surface area contributed by atoms with Gasteiger partial charge in [0.1, 0.15) is 35.0 Å². The number of likely N-dealkylation sites (tertiary alicyclic amines) is 1. The number of benzene rings is 2. The van der Waals surface area contributed by atoms with E-state index < -0.39 is 28.7 Å². The highest BCUT2D eigenvalue weighted by molar-refractivity contribution is 6.04. The molecule has 218 valence electrons. The van der Waals surface area contributed by atoms with Crippen LogP contribution in [-0.4, -0.2) is 62.4 Å². The fourth-order valence-electron chi connectivity index (χ4n) is 5.68. The van der Waals surface area contributed by atoms with Crippen LogP contribution in [0.1, 0.15) is 27.2 Å². The van der Waals surface area contributed by atoms with Crippen molar-refractivity contribution in [3.63, 3.8) is 0 Å². The Morgan fingerprint density at radius 3 is 2.55 bits per heavy atom. The average molecular weight is 577 g/mol. The number of halogens is 2. The lowest BCUT2D eigenvalue weighted by molar-refractivity contribution is -0.121. The lowest BCUT2D eigenvalue weighted by Crippen LogP contribution is -2.39. The van der Waals surface area contributed by atoms with Crippen molar-refractivity contribution in [3.05, 3.63) is 54.5 Å². The van der Waals surface area contributed by atoms with Crippen LogP contribution < -0.4 is 10.1 Å². The Labute approximate surface area is 240 Å². The van der Waals surface area contributed by atoms with Gasteiger partial charge in [-0.3, -0.25) is 9.48 Å². The first-order chi connectivity index (χ1) is 19.9.